The van der Waals surface area contributed by atoms with Gasteiger partial charge in [0, 0.05) is 30.8 Å². The van der Waals surface area contributed by atoms with Crippen LogP contribution in [0.25, 0.3) is 11.3 Å². The molecule has 0 atom stereocenters. The maximum absolute atomic E-state index is 12.8. The number of aromatic nitrogens is 1. The summed E-state index contributed by atoms with van der Waals surface area (Å²) in [6.45, 7) is 7.23. The minimum absolute atomic E-state index is 0.158. The lowest BCUT2D eigenvalue weighted by molar-refractivity contribution is 0.0512. The first-order valence-corrected chi connectivity index (χ1v) is 12.2. The summed E-state index contributed by atoms with van der Waals surface area (Å²) >= 11 is 6.22. The Kier molecular flexibility index (Phi) is 8.91. The number of hydrogen-bond acceptors (Lipinski definition) is 5. The molecule has 1 aromatic carbocycles. The molecule has 0 radical (unpaired) electrons. The third kappa shape index (κ3) is 7.99. The molecule has 2 aromatic rings. The van der Waals surface area contributed by atoms with E-state index in [1.807, 2.05) is 45.0 Å². The monoisotopic (exact) mass is 486 g/mol. The van der Waals surface area contributed by atoms with Crippen LogP contribution in [0.2, 0.25) is 5.15 Å². The molecule has 3 rings (SSSR count). The van der Waals surface area contributed by atoms with Crippen LogP contribution in [0, 0.1) is 11.8 Å². The minimum atomic E-state index is -0.492. The second kappa shape index (κ2) is 11.7. The van der Waals surface area contributed by atoms with Crippen molar-refractivity contribution >= 4 is 23.6 Å². The van der Waals surface area contributed by atoms with E-state index >= 15 is 0 Å². The minimum Gasteiger partial charge on any atom is -0.444 e. The van der Waals surface area contributed by atoms with Crippen molar-refractivity contribution in [1.29, 1.82) is 0 Å². The lowest BCUT2D eigenvalue weighted by Gasteiger charge is -2.29. The fraction of sp³-hybridized carbons (Fsp3) is 0.500. The Balaban J connectivity index is 1.48. The highest BCUT2D eigenvalue weighted by atomic mass is 35.5. The number of amides is 2. The fourth-order valence-corrected chi connectivity index (χ4v) is 4.36. The largest absolute Gasteiger partial charge is 0.444 e. The first-order chi connectivity index (χ1) is 16.1. The third-order valence-corrected chi connectivity index (χ3v) is 6.16. The van der Waals surface area contributed by atoms with Crippen molar-refractivity contribution in [3.05, 3.63) is 52.7 Å². The number of hydrogen-bond donors (Lipinski definition) is 3. The number of rotatable bonds is 7. The van der Waals surface area contributed by atoms with E-state index in [2.05, 4.69) is 15.6 Å². The molecule has 8 heteroatoms. The number of benzene rings is 1. The summed E-state index contributed by atoms with van der Waals surface area (Å²) < 4.78 is 5.30. The summed E-state index contributed by atoms with van der Waals surface area (Å²) in [5.74, 6) is 0.694. The van der Waals surface area contributed by atoms with Gasteiger partial charge in [-0.15, -0.1) is 0 Å². The molecule has 1 heterocycles. The molecule has 1 aliphatic carbocycles. The molecule has 1 saturated carbocycles. The van der Waals surface area contributed by atoms with Crippen LogP contribution in [0.15, 0.2) is 36.4 Å². The van der Waals surface area contributed by atoms with Crippen molar-refractivity contribution in [2.24, 2.45) is 17.6 Å². The Hall–Kier alpha value is -2.64. The van der Waals surface area contributed by atoms with E-state index in [4.69, 9.17) is 22.1 Å². The van der Waals surface area contributed by atoms with E-state index in [9.17, 15) is 9.59 Å². The predicted octanol–water partition coefficient (Wildman–Crippen LogP) is 4.92. The SMILES string of the molecule is CC(C)(C)OC(=O)NCC1CCC(CNC(=O)c2cc(Cl)nc(-c3cccc(CN)c3)c2)CC1. The van der Waals surface area contributed by atoms with Crippen LogP contribution >= 0.6 is 11.6 Å². The molecular weight excluding hydrogens is 452 g/mol. The number of ether oxygens (including phenoxy) is 1. The highest BCUT2D eigenvalue weighted by Gasteiger charge is 2.23. The van der Waals surface area contributed by atoms with E-state index in [0.717, 1.165) is 36.8 Å². The van der Waals surface area contributed by atoms with Gasteiger partial charge in [0.1, 0.15) is 10.8 Å². The Morgan fingerprint density at radius 3 is 2.32 bits per heavy atom. The van der Waals surface area contributed by atoms with Gasteiger partial charge in [-0.25, -0.2) is 9.78 Å². The van der Waals surface area contributed by atoms with Gasteiger partial charge < -0.3 is 21.1 Å². The van der Waals surface area contributed by atoms with E-state index < -0.39 is 5.60 Å². The van der Waals surface area contributed by atoms with Crippen molar-refractivity contribution < 1.29 is 14.3 Å². The molecule has 1 aromatic heterocycles. The summed E-state index contributed by atoms with van der Waals surface area (Å²) in [5, 5.41) is 6.20. The third-order valence-electron chi connectivity index (χ3n) is 5.97. The van der Waals surface area contributed by atoms with E-state index in [0.29, 0.717) is 42.7 Å². The van der Waals surface area contributed by atoms with Gasteiger partial charge in [-0.3, -0.25) is 4.79 Å². The van der Waals surface area contributed by atoms with E-state index in [-0.39, 0.29) is 17.2 Å². The summed E-state index contributed by atoms with van der Waals surface area (Å²) in [6, 6.07) is 11.1. The van der Waals surface area contributed by atoms with Gasteiger partial charge in [-0.1, -0.05) is 29.8 Å². The zero-order valence-electron chi connectivity index (χ0n) is 20.2. The molecule has 2 amide bonds. The van der Waals surface area contributed by atoms with Crippen LogP contribution < -0.4 is 16.4 Å². The molecule has 34 heavy (non-hydrogen) atoms. The van der Waals surface area contributed by atoms with Crippen LogP contribution in [-0.4, -0.2) is 35.7 Å². The molecule has 1 aliphatic rings. The number of pyridine rings is 1. The summed E-state index contributed by atoms with van der Waals surface area (Å²) in [7, 11) is 0. The zero-order chi connectivity index (χ0) is 24.7. The molecular formula is C26H35ClN4O3. The number of nitrogens with zero attached hydrogens (tertiary/aromatic N) is 1. The van der Waals surface area contributed by atoms with Crippen molar-refractivity contribution in [3.8, 4) is 11.3 Å². The number of carbonyl (C=O) groups is 2. The summed E-state index contributed by atoms with van der Waals surface area (Å²) in [5.41, 5.74) is 8.24. The molecule has 0 aliphatic heterocycles. The summed E-state index contributed by atoms with van der Waals surface area (Å²) in [4.78, 5) is 29.0. The lowest BCUT2D eigenvalue weighted by Crippen LogP contribution is -2.37. The number of nitrogens with one attached hydrogen (secondary N) is 2. The highest BCUT2D eigenvalue weighted by Crippen LogP contribution is 2.28. The van der Waals surface area contributed by atoms with Gasteiger partial charge in [0.05, 0.1) is 5.69 Å². The van der Waals surface area contributed by atoms with Crippen molar-refractivity contribution in [2.75, 3.05) is 13.1 Å². The Labute approximate surface area is 206 Å². The van der Waals surface area contributed by atoms with E-state index in [1.165, 1.54) is 0 Å². The molecule has 7 nitrogen and oxygen atoms in total. The van der Waals surface area contributed by atoms with Gasteiger partial charge in [0.15, 0.2) is 0 Å². The number of nitrogens with two attached hydrogens (primary N) is 1. The van der Waals surface area contributed by atoms with Crippen molar-refractivity contribution in [3.63, 3.8) is 0 Å². The maximum Gasteiger partial charge on any atom is 0.407 e. The first-order valence-electron chi connectivity index (χ1n) is 11.8. The average Bonchev–Trinajstić information content (AvgIpc) is 2.80. The normalized spacial score (nSPS) is 18.3. The second-order valence-electron chi connectivity index (χ2n) is 9.95. The van der Waals surface area contributed by atoms with Crippen molar-refractivity contribution in [1.82, 2.24) is 15.6 Å². The van der Waals surface area contributed by atoms with Gasteiger partial charge in [-0.2, -0.15) is 0 Å². The molecule has 1 fully saturated rings. The Morgan fingerprint density at radius 2 is 1.71 bits per heavy atom. The molecule has 0 unspecified atom stereocenters. The van der Waals surface area contributed by atoms with Gasteiger partial charge in [0.2, 0.25) is 0 Å². The fourth-order valence-electron chi connectivity index (χ4n) is 4.15. The number of carbonyl (C=O) groups excluding carboxylic acids is 2. The van der Waals surface area contributed by atoms with Crippen LogP contribution in [0.4, 0.5) is 4.79 Å². The molecule has 0 saturated heterocycles. The van der Waals surface area contributed by atoms with Crippen LogP contribution in [0.5, 0.6) is 0 Å². The maximum atomic E-state index is 12.8. The standard InChI is InChI=1S/C26H35ClN4O3/c1-26(2,3)34-25(33)30-16-18-9-7-17(8-10-18)15-29-24(32)21-12-22(31-23(27)13-21)20-6-4-5-19(11-20)14-28/h4-6,11-13,17-18H,7-10,14-16,28H2,1-3H3,(H,29,32)(H,30,33). The summed E-state index contributed by atoms with van der Waals surface area (Å²) in [6.07, 6.45) is 3.68. The number of alkyl carbamates (subject to hydrolysis) is 1. The van der Waals surface area contributed by atoms with Gasteiger partial charge >= 0.3 is 6.09 Å². The molecule has 184 valence electrons. The average molecular weight is 487 g/mol. The van der Waals surface area contributed by atoms with Crippen LogP contribution in [0.3, 0.4) is 0 Å². The first kappa shape index (κ1) is 26.0. The molecule has 0 bridgehead atoms. The van der Waals surface area contributed by atoms with Gasteiger partial charge in [-0.05, 0) is 82.1 Å². The highest BCUT2D eigenvalue weighted by molar-refractivity contribution is 6.30. The second-order valence-corrected chi connectivity index (χ2v) is 10.3. The van der Waals surface area contributed by atoms with Crippen LogP contribution in [-0.2, 0) is 11.3 Å². The number of halogens is 1. The van der Waals surface area contributed by atoms with E-state index in [1.54, 1.807) is 12.1 Å². The smallest absolute Gasteiger partial charge is 0.407 e. The topological polar surface area (TPSA) is 106 Å². The lowest BCUT2D eigenvalue weighted by atomic mass is 9.82. The van der Waals surface area contributed by atoms with Crippen LogP contribution in [0.1, 0.15) is 62.4 Å². The quantitative estimate of drug-likeness (QED) is 0.481. The Morgan fingerprint density at radius 1 is 1.06 bits per heavy atom. The Bertz CT molecular complexity index is 998. The predicted molar refractivity (Wildman–Crippen MR) is 135 cm³/mol. The van der Waals surface area contributed by atoms with Crippen molar-refractivity contribution in [2.45, 2.75) is 58.6 Å². The molecule has 0 spiro atoms. The van der Waals surface area contributed by atoms with Gasteiger partial charge in [0.25, 0.3) is 5.91 Å². The zero-order valence-corrected chi connectivity index (χ0v) is 21.0. The molecule has 4 N–H and O–H groups in total.